The monoisotopic (exact) mass is 326 g/mol. The number of amides is 2. The predicted octanol–water partition coefficient (Wildman–Crippen LogP) is 1.69. The van der Waals surface area contributed by atoms with E-state index in [1.54, 1.807) is 38.1 Å². The number of hydrogen-bond donors (Lipinski definition) is 3. The van der Waals surface area contributed by atoms with Gasteiger partial charge in [0.25, 0.3) is 5.91 Å². The van der Waals surface area contributed by atoms with Crippen LogP contribution in [0.2, 0.25) is 5.02 Å². The van der Waals surface area contributed by atoms with Crippen molar-refractivity contribution in [2.24, 2.45) is 5.92 Å². The van der Waals surface area contributed by atoms with Gasteiger partial charge in [-0.1, -0.05) is 37.6 Å². The molecule has 0 radical (unpaired) electrons. The first-order chi connectivity index (χ1) is 10.3. The Labute approximate surface area is 133 Å². The van der Waals surface area contributed by atoms with E-state index in [2.05, 4.69) is 10.6 Å². The van der Waals surface area contributed by atoms with Crippen molar-refractivity contribution in [3.8, 4) is 0 Å². The minimum Gasteiger partial charge on any atom is -0.481 e. The first kappa shape index (κ1) is 18.0. The van der Waals surface area contributed by atoms with Gasteiger partial charge in [-0.05, 0) is 18.1 Å². The summed E-state index contributed by atoms with van der Waals surface area (Å²) in [6.07, 6.45) is -0.172. The van der Waals surface area contributed by atoms with Gasteiger partial charge < -0.3 is 15.7 Å². The number of carbonyl (C=O) groups excluding carboxylic acids is 2. The molecule has 0 aliphatic carbocycles. The molecule has 0 aromatic heterocycles. The van der Waals surface area contributed by atoms with Gasteiger partial charge in [-0.3, -0.25) is 14.4 Å². The zero-order valence-electron chi connectivity index (χ0n) is 12.4. The summed E-state index contributed by atoms with van der Waals surface area (Å²) >= 11 is 5.95. The number of nitrogens with one attached hydrogen (secondary N) is 2. The van der Waals surface area contributed by atoms with Gasteiger partial charge in [0.15, 0.2) is 0 Å². The number of aliphatic carboxylic acids is 1. The maximum atomic E-state index is 12.2. The van der Waals surface area contributed by atoms with Crippen molar-refractivity contribution in [1.29, 1.82) is 0 Å². The maximum Gasteiger partial charge on any atom is 0.305 e. The summed E-state index contributed by atoms with van der Waals surface area (Å²) in [7, 11) is 0. The number of carboxylic acid groups (broad SMARTS) is 1. The van der Waals surface area contributed by atoms with Crippen LogP contribution in [0, 0.1) is 5.92 Å². The number of carboxylic acids is 1. The molecule has 1 atom stereocenters. The normalized spacial score (nSPS) is 11.8. The molecule has 22 heavy (non-hydrogen) atoms. The highest BCUT2D eigenvalue weighted by Crippen LogP contribution is 2.15. The van der Waals surface area contributed by atoms with Gasteiger partial charge >= 0.3 is 5.97 Å². The minimum absolute atomic E-state index is 0.0132. The lowest BCUT2D eigenvalue weighted by atomic mass is 10.0. The third kappa shape index (κ3) is 5.37. The first-order valence-corrected chi connectivity index (χ1v) is 7.25. The maximum absolute atomic E-state index is 12.2. The fourth-order valence-electron chi connectivity index (χ4n) is 1.80. The average molecular weight is 327 g/mol. The van der Waals surface area contributed by atoms with Crippen LogP contribution in [-0.2, 0) is 9.59 Å². The van der Waals surface area contributed by atoms with Gasteiger partial charge in [0, 0.05) is 6.54 Å². The van der Waals surface area contributed by atoms with Gasteiger partial charge in [0.2, 0.25) is 5.91 Å². The van der Waals surface area contributed by atoms with Crippen LogP contribution in [0.4, 0.5) is 0 Å². The molecule has 3 N–H and O–H groups in total. The molecule has 0 bridgehead atoms. The Balaban J connectivity index is 2.72. The summed E-state index contributed by atoms with van der Waals surface area (Å²) in [4.78, 5) is 34.7. The largest absolute Gasteiger partial charge is 0.481 e. The Hall–Kier alpha value is -2.08. The van der Waals surface area contributed by atoms with E-state index in [-0.39, 0.29) is 24.4 Å². The van der Waals surface area contributed by atoms with Crippen molar-refractivity contribution in [3.05, 3.63) is 34.9 Å². The fraction of sp³-hybridized carbons (Fsp3) is 0.400. The van der Waals surface area contributed by atoms with Crippen LogP contribution in [0.25, 0.3) is 0 Å². The molecule has 1 aromatic rings. The van der Waals surface area contributed by atoms with Crippen molar-refractivity contribution in [2.45, 2.75) is 26.3 Å². The lowest BCUT2D eigenvalue weighted by Crippen LogP contribution is -2.50. The Morgan fingerprint density at radius 2 is 1.86 bits per heavy atom. The molecular formula is C15H19ClN2O4. The molecule has 0 aliphatic heterocycles. The molecule has 7 heteroatoms. The van der Waals surface area contributed by atoms with E-state index >= 15 is 0 Å². The molecule has 6 nitrogen and oxygen atoms in total. The molecule has 120 valence electrons. The van der Waals surface area contributed by atoms with Crippen molar-refractivity contribution in [2.75, 3.05) is 6.54 Å². The van der Waals surface area contributed by atoms with Crippen LogP contribution >= 0.6 is 11.6 Å². The zero-order chi connectivity index (χ0) is 16.7. The summed E-state index contributed by atoms with van der Waals surface area (Å²) < 4.78 is 0. The van der Waals surface area contributed by atoms with Gasteiger partial charge in [0.1, 0.15) is 6.04 Å². The van der Waals surface area contributed by atoms with Gasteiger partial charge in [-0.15, -0.1) is 0 Å². The van der Waals surface area contributed by atoms with E-state index in [1.165, 1.54) is 0 Å². The highest BCUT2D eigenvalue weighted by molar-refractivity contribution is 6.33. The minimum atomic E-state index is -0.999. The topological polar surface area (TPSA) is 95.5 Å². The highest BCUT2D eigenvalue weighted by Gasteiger charge is 2.25. The highest BCUT2D eigenvalue weighted by atomic mass is 35.5. The SMILES string of the molecule is CC(C)C(NC(=O)c1ccccc1Cl)C(=O)NCCC(=O)O. The van der Waals surface area contributed by atoms with Crippen LogP contribution in [0.5, 0.6) is 0 Å². The van der Waals surface area contributed by atoms with Crippen molar-refractivity contribution < 1.29 is 19.5 Å². The summed E-state index contributed by atoms with van der Waals surface area (Å²) in [5.74, 6) is -2.02. The molecule has 0 heterocycles. The molecule has 2 amide bonds. The lowest BCUT2D eigenvalue weighted by Gasteiger charge is -2.21. The smallest absolute Gasteiger partial charge is 0.305 e. The van der Waals surface area contributed by atoms with E-state index in [0.717, 1.165) is 0 Å². The third-order valence-electron chi connectivity index (χ3n) is 2.99. The molecule has 0 fully saturated rings. The number of hydrogen-bond acceptors (Lipinski definition) is 3. The van der Waals surface area contributed by atoms with Crippen molar-refractivity contribution >= 4 is 29.4 Å². The number of rotatable bonds is 7. The van der Waals surface area contributed by atoms with Crippen LogP contribution < -0.4 is 10.6 Å². The quantitative estimate of drug-likeness (QED) is 0.710. The molecule has 1 aromatic carbocycles. The standard InChI is InChI=1S/C15H19ClN2O4/c1-9(2)13(15(22)17-8-7-12(19)20)18-14(21)10-5-3-4-6-11(10)16/h3-6,9,13H,7-8H2,1-2H3,(H,17,22)(H,18,21)(H,19,20). The molecule has 1 unspecified atom stereocenters. The predicted molar refractivity (Wildman–Crippen MR) is 82.8 cm³/mol. The third-order valence-corrected chi connectivity index (χ3v) is 3.32. The molecule has 0 aliphatic rings. The zero-order valence-corrected chi connectivity index (χ0v) is 13.2. The van der Waals surface area contributed by atoms with E-state index in [4.69, 9.17) is 16.7 Å². The van der Waals surface area contributed by atoms with E-state index in [1.807, 2.05) is 0 Å². The number of halogens is 1. The molecule has 0 saturated heterocycles. The lowest BCUT2D eigenvalue weighted by molar-refractivity contribution is -0.137. The van der Waals surface area contributed by atoms with Crippen LogP contribution in [0.1, 0.15) is 30.6 Å². The van der Waals surface area contributed by atoms with Crippen molar-refractivity contribution in [3.63, 3.8) is 0 Å². The van der Waals surface area contributed by atoms with Gasteiger partial charge in [-0.2, -0.15) is 0 Å². The number of carbonyl (C=O) groups is 3. The molecule has 0 saturated carbocycles. The van der Waals surface area contributed by atoms with Gasteiger partial charge in [0.05, 0.1) is 17.0 Å². The Bertz CT molecular complexity index is 560. The second-order valence-electron chi connectivity index (χ2n) is 5.11. The van der Waals surface area contributed by atoms with E-state index in [9.17, 15) is 14.4 Å². The van der Waals surface area contributed by atoms with E-state index < -0.39 is 23.8 Å². The van der Waals surface area contributed by atoms with E-state index in [0.29, 0.717) is 5.02 Å². The average Bonchev–Trinajstić information content (AvgIpc) is 2.44. The summed E-state index contributed by atoms with van der Waals surface area (Å²) in [6.45, 7) is 3.59. The first-order valence-electron chi connectivity index (χ1n) is 6.87. The fourth-order valence-corrected chi connectivity index (χ4v) is 2.02. The molecule has 0 spiro atoms. The second kappa shape index (κ2) is 8.38. The van der Waals surface area contributed by atoms with Crippen LogP contribution in [0.3, 0.4) is 0 Å². The molecular weight excluding hydrogens is 308 g/mol. The van der Waals surface area contributed by atoms with Crippen molar-refractivity contribution in [1.82, 2.24) is 10.6 Å². The Morgan fingerprint density at radius 3 is 2.41 bits per heavy atom. The summed E-state index contributed by atoms with van der Waals surface area (Å²) in [5.41, 5.74) is 0.285. The number of benzene rings is 1. The summed E-state index contributed by atoms with van der Waals surface area (Å²) in [5, 5.41) is 14.0. The Kier molecular flexibility index (Phi) is 6.85. The molecule has 1 rings (SSSR count). The summed E-state index contributed by atoms with van der Waals surface area (Å²) in [6, 6.07) is 5.78. The van der Waals surface area contributed by atoms with Crippen LogP contribution in [0.15, 0.2) is 24.3 Å². The Morgan fingerprint density at radius 1 is 1.23 bits per heavy atom. The van der Waals surface area contributed by atoms with Crippen LogP contribution in [-0.4, -0.2) is 35.5 Å². The van der Waals surface area contributed by atoms with Gasteiger partial charge in [-0.25, -0.2) is 0 Å². The second-order valence-corrected chi connectivity index (χ2v) is 5.52.